The van der Waals surface area contributed by atoms with E-state index >= 15 is 0 Å². The van der Waals surface area contributed by atoms with Gasteiger partial charge in [0, 0.05) is 0 Å². The molecule has 0 aromatic heterocycles. The zero-order chi connectivity index (χ0) is 8.48. The lowest BCUT2D eigenvalue weighted by molar-refractivity contribution is 0.161. The summed E-state index contributed by atoms with van der Waals surface area (Å²) in [6.07, 6.45) is 4.61. The second-order valence-electron chi connectivity index (χ2n) is 3.94. The van der Waals surface area contributed by atoms with Gasteiger partial charge in [0.1, 0.15) is 0 Å². The average Bonchev–Trinajstić information content (AvgIpc) is 1.97. The van der Waals surface area contributed by atoms with Crippen LogP contribution in [0.25, 0.3) is 0 Å². The fourth-order valence-electron chi connectivity index (χ4n) is 1.95. The van der Waals surface area contributed by atoms with Crippen molar-refractivity contribution >= 4 is 0 Å². The highest BCUT2D eigenvalue weighted by atomic mass is 14.4. The van der Waals surface area contributed by atoms with Crippen LogP contribution in [-0.4, -0.2) is 0 Å². The van der Waals surface area contributed by atoms with Crippen molar-refractivity contribution in [2.24, 2.45) is 11.3 Å². The largest absolute Gasteiger partial charge is 0.126 e. The summed E-state index contributed by atoms with van der Waals surface area (Å²) in [7, 11) is 0. The zero-order valence-electron chi connectivity index (χ0n) is 8.07. The van der Waals surface area contributed by atoms with E-state index in [1.807, 2.05) is 13.0 Å². The fourth-order valence-corrected chi connectivity index (χ4v) is 1.95. The van der Waals surface area contributed by atoms with E-state index in [0.29, 0.717) is 5.41 Å². The molecule has 1 saturated carbocycles. The van der Waals surface area contributed by atoms with Crippen molar-refractivity contribution in [1.82, 2.24) is 0 Å². The Kier molecular flexibility index (Phi) is 2.25. The second-order valence-corrected chi connectivity index (χ2v) is 3.94. The number of allylic oxidation sites excluding steroid dienone is 1. The molecule has 1 unspecified atom stereocenters. The third kappa shape index (κ3) is 1.28. The molecule has 1 aliphatic carbocycles. The molecule has 0 radical (unpaired) electrons. The van der Waals surface area contributed by atoms with E-state index in [2.05, 4.69) is 26.5 Å². The van der Waals surface area contributed by atoms with Crippen LogP contribution < -0.4 is 0 Å². The summed E-state index contributed by atoms with van der Waals surface area (Å²) in [6.45, 7) is 8.98. The Morgan fingerprint density at radius 1 is 1.64 bits per heavy atom. The standard InChI is InChI=1S/C11H18/c1-5-7-10-8-9(6-2)11(10,3)4/h5,9H,6,8H2,1-4H3. The first-order chi connectivity index (χ1) is 5.12. The lowest BCUT2D eigenvalue weighted by Gasteiger charge is -2.46. The van der Waals surface area contributed by atoms with Gasteiger partial charge in [-0.15, -0.1) is 5.73 Å². The van der Waals surface area contributed by atoms with Crippen molar-refractivity contribution in [3.05, 3.63) is 17.4 Å². The van der Waals surface area contributed by atoms with Gasteiger partial charge in [-0.3, -0.25) is 0 Å². The lowest BCUT2D eigenvalue weighted by Crippen LogP contribution is -2.36. The predicted octanol–water partition coefficient (Wildman–Crippen LogP) is 3.54. The lowest BCUT2D eigenvalue weighted by atomic mass is 9.58. The Balaban J connectivity index is 2.76. The highest BCUT2D eigenvalue weighted by molar-refractivity contribution is 5.23. The maximum atomic E-state index is 3.33. The molecule has 0 aromatic carbocycles. The van der Waals surface area contributed by atoms with Crippen molar-refractivity contribution in [1.29, 1.82) is 0 Å². The molecule has 1 fully saturated rings. The summed E-state index contributed by atoms with van der Waals surface area (Å²) >= 11 is 0. The van der Waals surface area contributed by atoms with Crippen LogP contribution in [-0.2, 0) is 0 Å². The topological polar surface area (TPSA) is 0 Å². The second kappa shape index (κ2) is 2.87. The van der Waals surface area contributed by atoms with Gasteiger partial charge in [-0.25, -0.2) is 0 Å². The Morgan fingerprint density at radius 2 is 2.27 bits per heavy atom. The normalized spacial score (nSPS) is 27.3. The fraction of sp³-hybridized carbons (Fsp3) is 0.727. The van der Waals surface area contributed by atoms with Crippen LogP contribution in [0.1, 0.15) is 40.5 Å². The maximum Gasteiger partial charge on any atom is -0.00374 e. The van der Waals surface area contributed by atoms with Crippen LogP contribution in [0.15, 0.2) is 17.4 Å². The molecular formula is C11H18. The molecule has 0 bridgehead atoms. The minimum atomic E-state index is 0.432. The minimum Gasteiger partial charge on any atom is -0.126 e. The molecule has 1 atom stereocenters. The minimum absolute atomic E-state index is 0.432. The van der Waals surface area contributed by atoms with E-state index in [1.54, 1.807) is 0 Å². The molecule has 0 saturated heterocycles. The number of hydrogen-bond donors (Lipinski definition) is 0. The average molecular weight is 150 g/mol. The van der Waals surface area contributed by atoms with E-state index in [9.17, 15) is 0 Å². The molecule has 11 heavy (non-hydrogen) atoms. The van der Waals surface area contributed by atoms with Crippen molar-refractivity contribution in [3.63, 3.8) is 0 Å². The zero-order valence-corrected chi connectivity index (χ0v) is 8.07. The van der Waals surface area contributed by atoms with Crippen molar-refractivity contribution in [2.45, 2.75) is 40.5 Å². The van der Waals surface area contributed by atoms with Gasteiger partial charge >= 0.3 is 0 Å². The first-order valence-corrected chi connectivity index (χ1v) is 4.53. The molecule has 0 aliphatic heterocycles. The molecule has 62 valence electrons. The maximum absolute atomic E-state index is 3.33. The molecule has 0 amide bonds. The smallest absolute Gasteiger partial charge is 0.00374 e. The van der Waals surface area contributed by atoms with E-state index in [1.165, 1.54) is 18.4 Å². The van der Waals surface area contributed by atoms with E-state index in [-0.39, 0.29) is 0 Å². The summed E-state index contributed by atoms with van der Waals surface area (Å²) in [5.74, 6) is 0.893. The van der Waals surface area contributed by atoms with Gasteiger partial charge in [-0.1, -0.05) is 27.2 Å². The molecule has 0 aromatic rings. The monoisotopic (exact) mass is 150 g/mol. The molecule has 0 nitrogen and oxygen atoms in total. The van der Waals surface area contributed by atoms with Gasteiger partial charge in [0.2, 0.25) is 0 Å². The van der Waals surface area contributed by atoms with Crippen LogP contribution in [0.3, 0.4) is 0 Å². The quantitative estimate of drug-likeness (QED) is 0.501. The molecule has 0 heterocycles. The van der Waals surface area contributed by atoms with Crippen molar-refractivity contribution < 1.29 is 0 Å². The van der Waals surface area contributed by atoms with E-state index in [4.69, 9.17) is 0 Å². The van der Waals surface area contributed by atoms with Gasteiger partial charge in [0.25, 0.3) is 0 Å². The van der Waals surface area contributed by atoms with Crippen LogP contribution in [0.2, 0.25) is 0 Å². The molecular weight excluding hydrogens is 132 g/mol. The Hall–Kier alpha value is -0.480. The summed E-state index contributed by atoms with van der Waals surface area (Å²) in [5.41, 5.74) is 5.27. The van der Waals surface area contributed by atoms with Gasteiger partial charge < -0.3 is 0 Å². The summed E-state index contributed by atoms with van der Waals surface area (Å²) < 4.78 is 0. The number of hydrogen-bond acceptors (Lipinski definition) is 0. The van der Waals surface area contributed by atoms with Gasteiger partial charge in [0.15, 0.2) is 0 Å². The summed E-state index contributed by atoms with van der Waals surface area (Å²) in [6, 6.07) is 0. The number of rotatable bonds is 1. The van der Waals surface area contributed by atoms with E-state index < -0.39 is 0 Å². The third-order valence-electron chi connectivity index (χ3n) is 3.06. The highest BCUT2D eigenvalue weighted by Gasteiger charge is 2.41. The Bertz CT molecular complexity index is 202. The molecule has 0 heteroatoms. The Morgan fingerprint density at radius 3 is 2.64 bits per heavy atom. The van der Waals surface area contributed by atoms with Crippen LogP contribution in [0, 0.1) is 11.3 Å². The van der Waals surface area contributed by atoms with Crippen LogP contribution >= 0.6 is 0 Å². The first-order valence-electron chi connectivity index (χ1n) is 4.53. The van der Waals surface area contributed by atoms with Crippen molar-refractivity contribution in [2.75, 3.05) is 0 Å². The van der Waals surface area contributed by atoms with Crippen molar-refractivity contribution in [3.8, 4) is 0 Å². The van der Waals surface area contributed by atoms with E-state index in [0.717, 1.165) is 5.92 Å². The Labute approximate surface area is 70.0 Å². The molecule has 0 N–H and O–H groups in total. The first kappa shape index (κ1) is 8.62. The van der Waals surface area contributed by atoms with Gasteiger partial charge in [0.05, 0.1) is 0 Å². The van der Waals surface area contributed by atoms with Crippen LogP contribution in [0.5, 0.6) is 0 Å². The van der Waals surface area contributed by atoms with Crippen LogP contribution in [0.4, 0.5) is 0 Å². The predicted molar refractivity (Wildman–Crippen MR) is 49.4 cm³/mol. The summed E-state index contributed by atoms with van der Waals surface area (Å²) in [5, 5.41) is 0. The summed E-state index contributed by atoms with van der Waals surface area (Å²) in [4.78, 5) is 0. The molecule has 1 rings (SSSR count). The van der Waals surface area contributed by atoms with Gasteiger partial charge in [-0.05, 0) is 36.3 Å². The molecule has 1 aliphatic rings. The SMILES string of the molecule is CC=C=C1CC(CC)C1(C)C. The molecule has 0 spiro atoms. The third-order valence-corrected chi connectivity index (χ3v) is 3.06. The highest BCUT2D eigenvalue weighted by Crippen LogP contribution is 2.51. The van der Waals surface area contributed by atoms with Gasteiger partial charge in [-0.2, -0.15) is 0 Å².